The Bertz CT molecular complexity index is 1650. The van der Waals surface area contributed by atoms with E-state index in [1.165, 1.54) is 0 Å². The van der Waals surface area contributed by atoms with E-state index in [9.17, 15) is 23.6 Å². The second kappa shape index (κ2) is 16.1. The molecular weight excluding hydrogens is 643 g/mol. The van der Waals surface area contributed by atoms with Crippen molar-refractivity contribution in [3.05, 3.63) is 65.9 Å². The molecule has 1 saturated carbocycles. The molecule has 5 rings (SSSR count). The van der Waals surface area contributed by atoms with E-state index in [0.29, 0.717) is 49.9 Å². The Morgan fingerprint density at radius 2 is 1.72 bits per heavy atom. The Morgan fingerprint density at radius 1 is 1.00 bits per heavy atom. The molecule has 2 aliphatic rings. The van der Waals surface area contributed by atoms with Crippen LogP contribution >= 0.6 is 0 Å². The highest BCUT2D eigenvalue weighted by molar-refractivity contribution is 6.01. The number of esters is 1. The van der Waals surface area contributed by atoms with Crippen molar-refractivity contribution in [3.8, 4) is 0 Å². The molecule has 1 aromatic heterocycles. The largest absolute Gasteiger partial charge is 0.458 e. The number of alkyl halides is 1. The van der Waals surface area contributed by atoms with Gasteiger partial charge >= 0.3 is 12.1 Å². The van der Waals surface area contributed by atoms with Gasteiger partial charge in [-0.1, -0.05) is 30.3 Å². The normalized spacial score (nSPS) is 22.1. The third kappa shape index (κ3) is 9.01. The molecule has 3 aromatic rings. The Labute approximate surface area is 292 Å². The third-order valence-electron chi connectivity index (χ3n) is 9.70. The first-order valence-electron chi connectivity index (χ1n) is 17.4. The van der Waals surface area contributed by atoms with Crippen molar-refractivity contribution in [1.82, 2.24) is 15.2 Å². The van der Waals surface area contributed by atoms with Crippen molar-refractivity contribution in [2.45, 2.75) is 89.5 Å². The first-order valence-corrected chi connectivity index (χ1v) is 17.4. The monoisotopic (exact) mass is 692 g/mol. The molecule has 0 bridgehead atoms. The molecule has 1 aliphatic heterocycles. The quantitative estimate of drug-likeness (QED) is 0.199. The molecule has 3 N–H and O–H groups in total. The second-order valence-corrected chi connectivity index (χ2v) is 14.4. The Kier molecular flexibility index (Phi) is 11.8. The smallest absolute Gasteiger partial charge is 0.407 e. The fourth-order valence-corrected chi connectivity index (χ4v) is 7.03. The van der Waals surface area contributed by atoms with Crippen molar-refractivity contribution in [2.24, 2.45) is 11.8 Å². The van der Waals surface area contributed by atoms with Crippen LogP contribution in [0, 0.1) is 11.8 Å². The number of aromatic amines is 1. The zero-order chi connectivity index (χ0) is 36.0. The summed E-state index contributed by atoms with van der Waals surface area (Å²) >= 11 is 0. The number of methoxy groups -OCH3 is 1. The third-order valence-corrected chi connectivity index (χ3v) is 9.70. The van der Waals surface area contributed by atoms with Crippen molar-refractivity contribution >= 4 is 40.5 Å². The molecule has 0 radical (unpaired) electrons. The summed E-state index contributed by atoms with van der Waals surface area (Å²) in [5, 5.41) is 6.44. The summed E-state index contributed by atoms with van der Waals surface area (Å²) in [4.78, 5) is 57.9. The highest BCUT2D eigenvalue weighted by atomic mass is 19.1. The molecule has 0 spiro atoms. The molecule has 4 atom stereocenters. The number of benzene rings is 2. The fourth-order valence-electron chi connectivity index (χ4n) is 7.03. The number of carbonyl (C=O) groups is 4. The minimum atomic E-state index is -0.731. The van der Waals surface area contributed by atoms with Gasteiger partial charge in [-0.15, -0.1) is 0 Å². The number of carbonyl (C=O) groups excluding carboxylic acids is 4. The topological polar surface area (TPSA) is 139 Å². The Balaban J connectivity index is 1.27. The summed E-state index contributed by atoms with van der Waals surface area (Å²) in [6.45, 7) is 6.91. The van der Waals surface area contributed by atoms with E-state index < -0.39 is 36.4 Å². The van der Waals surface area contributed by atoms with Crippen LogP contribution in [-0.2, 0) is 23.8 Å². The number of ether oxygens (including phenoxy) is 3. The van der Waals surface area contributed by atoms with E-state index in [4.69, 9.17) is 14.2 Å². The maximum absolute atomic E-state index is 14.1. The number of hydrogen-bond donors (Lipinski definition) is 3. The van der Waals surface area contributed by atoms with E-state index in [1.807, 2.05) is 30.3 Å². The predicted octanol–water partition coefficient (Wildman–Crippen LogP) is 6.35. The second-order valence-electron chi connectivity index (χ2n) is 14.4. The number of likely N-dealkylation sites (tertiary alicyclic amines) is 1. The van der Waals surface area contributed by atoms with Gasteiger partial charge < -0.3 is 34.7 Å². The minimum absolute atomic E-state index is 0.0778. The highest BCUT2D eigenvalue weighted by Crippen LogP contribution is 2.39. The number of anilines is 1. The SMILES string of the molecule is CO[C@@H](C)COC(=O)c1cc2cc(NC(=O)[C@@H]3[C@@H](c4ccccc4)CCN3C(=O)[C@H]3CC[C@H]([C@@H](CF)NC(=O)OC(C)(C)C)CC3)ccc2[nH]1. The summed E-state index contributed by atoms with van der Waals surface area (Å²) in [5.41, 5.74) is 1.83. The number of halogens is 1. The van der Waals surface area contributed by atoms with Crippen LogP contribution in [-0.4, -0.2) is 84.5 Å². The van der Waals surface area contributed by atoms with Crippen molar-refractivity contribution < 1.29 is 37.8 Å². The van der Waals surface area contributed by atoms with Crippen LogP contribution in [0.2, 0.25) is 0 Å². The van der Waals surface area contributed by atoms with Crippen LogP contribution in [0.1, 0.15) is 81.8 Å². The minimum Gasteiger partial charge on any atom is -0.458 e. The molecule has 0 unspecified atom stereocenters. The lowest BCUT2D eigenvalue weighted by molar-refractivity contribution is -0.141. The van der Waals surface area contributed by atoms with Crippen LogP contribution in [0.25, 0.3) is 10.9 Å². The van der Waals surface area contributed by atoms with E-state index >= 15 is 0 Å². The van der Waals surface area contributed by atoms with Crippen molar-refractivity contribution in [3.63, 3.8) is 0 Å². The Morgan fingerprint density at radius 3 is 2.38 bits per heavy atom. The van der Waals surface area contributed by atoms with Gasteiger partial charge in [0, 0.05) is 42.1 Å². The maximum Gasteiger partial charge on any atom is 0.407 e. The van der Waals surface area contributed by atoms with E-state index in [-0.39, 0.29) is 48.0 Å². The fraction of sp³-hybridized carbons (Fsp3) is 0.526. The summed E-state index contributed by atoms with van der Waals surface area (Å²) < 4.78 is 29.8. The van der Waals surface area contributed by atoms with Gasteiger partial charge in [0.2, 0.25) is 11.8 Å². The molecule has 12 heteroatoms. The van der Waals surface area contributed by atoms with Gasteiger partial charge in [0.25, 0.3) is 0 Å². The van der Waals surface area contributed by atoms with Gasteiger partial charge in [0.05, 0.1) is 12.1 Å². The summed E-state index contributed by atoms with van der Waals surface area (Å²) in [7, 11) is 1.55. The molecule has 270 valence electrons. The number of H-pyrrole nitrogens is 1. The van der Waals surface area contributed by atoms with Crippen LogP contribution in [0.5, 0.6) is 0 Å². The standard InChI is InChI=1S/C38H49FN4O7/c1-23(48-5)22-49-36(46)31-20-27-19-28(15-16-30(27)41-31)40-34(44)33-29(24-9-7-6-8-10-24)17-18-43(33)35(45)26-13-11-25(12-14-26)32(21-39)42-37(47)50-38(2,3)4/h6-10,15-16,19-20,23,25-26,29,32-33,41H,11-14,17-18,21-22H2,1-5H3,(H,40,44)(H,42,47)/t23-,25-,26-,29+,32+,33-/m0/s1. The first-order chi connectivity index (χ1) is 23.9. The van der Waals surface area contributed by atoms with Gasteiger partial charge in [-0.2, -0.15) is 0 Å². The molecule has 2 fully saturated rings. The number of rotatable bonds is 11. The molecule has 1 saturated heterocycles. The molecule has 3 amide bonds. The molecule has 2 aromatic carbocycles. The van der Waals surface area contributed by atoms with Crippen molar-refractivity contribution in [1.29, 1.82) is 0 Å². The number of amides is 3. The van der Waals surface area contributed by atoms with Gasteiger partial charge in [0.15, 0.2) is 0 Å². The van der Waals surface area contributed by atoms with Crippen LogP contribution in [0.3, 0.4) is 0 Å². The number of nitrogens with zero attached hydrogens (tertiary/aromatic N) is 1. The molecule has 2 heterocycles. The highest BCUT2D eigenvalue weighted by Gasteiger charge is 2.45. The van der Waals surface area contributed by atoms with E-state index in [2.05, 4.69) is 15.6 Å². The number of aromatic nitrogens is 1. The Hall–Kier alpha value is -4.45. The first kappa shape index (κ1) is 36.8. The number of nitrogens with one attached hydrogen (secondary N) is 3. The zero-order valence-electron chi connectivity index (χ0n) is 29.5. The average molecular weight is 693 g/mol. The summed E-state index contributed by atoms with van der Waals surface area (Å²) in [5.74, 6) is -1.50. The molecule has 50 heavy (non-hydrogen) atoms. The molecule has 1 aliphatic carbocycles. The molecular formula is C38H49FN4O7. The van der Waals surface area contributed by atoms with E-state index in [0.717, 1.165) is 10.9 Å². The zero-order valence-corrected chi connectivity index (χ0v) is 29.5. The van der Waals surface area contributed by atoms with Gasteiger partial charge in [-0.3, -0.25) is 9.59 Å². The van der Waals surface area contributed by atoms with Crippen LogP contribution in [0.4, 0.5) is 14.9 Å². The average Bonchev–Trinajstić information content (AvgIpc) is 3.74. The summed E-state index contributed by atoms with van der Waals surface area (Å²) in [6.07, 6.45) is 1.98. The van der Waals surface area contributed by atoms with Gasteiger partial charge in [0.1, 0.15) is 30.6 Å². The lowest BCUT2D eigenvalue weighted by atomic mass is 9.78. The van der Waals surface area contributed by atoms with Crippen LogP contribution in [0.15, 0.2) is 54.6 Å². The summed E-state index contributed by atoms with van der Waals surface area (Å²) in [6, 6.07) is 15.3. The van der Waals surface area contributed by atoms with Gasteiger partial charge in [-0.05, 0) is 95.5 Å². The number of hydrogen-bond acceptors (Lipinski definition) is 7. The maximum atomic E-state index is 14.1. The van der Waals surface area contributed by atoms with E-state index in [1.54, 1.807) is 64.0 Å². The number of alkyl carbamates (subject to hydrolysis) is 1. The van der Waals surface area contributed by atoms with Gasteiger partial charge in [-0.25, -0.2) is 14.0 Å². The van der Waals surface area contributed by atoms with Crippen molar-refractivity contribution in [2.75, 3.05) is 32.3 Å². The van der Waals surface area contributed by atoms with Crippen LogP contribution < -0.4 is 10.6 Å². The predicted molar refractivity (Wildman–Crippen MR) is 188 cm³/mol. The lowest BCUT2D eigenvalue weighted by Crippen LogP contribution is -2.49. The molecule has 11 nitrogen and oxygen atoms in total. The number of fused-ring (bicyclic) bond motifs is 1. The lowest BCUT2D eigenvalue weighted by Gasteiger charge is -2.36.